The molecule has 0 aromatic heterocycles. The summed E-state index contributed by atoms with van der Waals surface area (Å²) in [5.41, 5.74) is 11.4. The lowest BCUT2D eigenvalue weighted by Crippen LogP contribution is -2.49. The lowest BCUT2D eigenvalue weighted by molar-refractivity contribution is 0.0468. The van der Waals surface area contributed by atoms with Crippen LogP contribution >= 0.6 is 11.6 Å². The van der Waals surface area contributed by atoms with Crippen molar-refractivity contribution in [2.45, 2.75) is 38.8 Å². The molecule has 0 spiro atoms. The van der Waals surface area contributed by atoms with Gasteiger partial charge in [-0.2, -0.15) is 0 Å². The van der Waals surface area contributed by atoms with E-state index in [-0.39, 0.29) is 11.5 Å². The number of carboxylic acids is 1. The maximum Gasteiger partial charge on any atom is 0.336 e. The third kappa shape index (κ3) is 7.76. The lowest BCUT2D eigenvalue weighted by Gasteiger charge is -2.38. The molecule has 0 saturated heterocycles. The number of hydrogen-bond donors (Lipinski definition) is 3. The van der Waals surface area contributed by atoms with Crippen molar-refractivity contribution in [1.29, 1.82) is 0 Å². The molecule has 0 saturated carbocycles. The molecule has 0 atom stereocenters. The second-order valence-electron chi connectivity index (χ2n) is 11.4. The molecule has 1 aliphatic heterocycles. The van der Waals surface area contributed by atoms with Crippen LogP contribution in [0.15, 0.2) is 70.4 Å². The number of ether oxygens (including phenoxy) is 2. The van der Waals surface area contributed by atoms with Gasteiger partial charge in [0, 0.05) is 37.3 Å². The fraction of sp³-hybridized carbons (Fsp3) is 0.382. The Hall–Kier alpha value is -3.50. The molecule has 0 unspecified atom stereocenters. The van der Waals surface area contributed by atoms with Gasteiger partial charge in [-0.1, -0.05) is 38.1 Å². The highest BCUT2D eigenvalue weighted by atomic mass is 35.5. The highest BCUT2D eigenvalue weighted by Crippen LogP contribution is 2.42. The Morgan fingerprint density at radius 1 is 0.955 bits per heavy atom. The fourth-order valence-electron chi connectivity index (χ4n) is 5.68. The Morgan fingerprint density at radius 2 is 1.70 bits per heavy atom. The van der Waals surface area contributed by atoms with Crippen molar-refractivity contribution in [2.75, 3.05) is 51.6 Å². The zero-order chi connectivity index (χ0) is 31.7. The Morgan fingerprint density at radius 3 is 2.43 bits per heavy atom. The van der Waals surface area contributed by atoms with Gasteiger partial charge in [0.1, 0.15) is 8.07 Å². The van der Waals surface area contributed by atoms with Crippen LogP contribution in [-0.2, 0) is 9.47 Å². The van der Waals surface area contributed by atoms with E-state index in [9.17, 15) is 14.7 Å². The smallest absolute Gasteiger partial charge is 0.336 e. The largest absolute Gasteiger partial charge is 0.478 e. The number of halogens is 1. The molecule has 0 fully saturated rings. The van der Waals surface area contributed by atoms with E-state index in [4.69, 9.17) is 26.8 Å². The summed E-state index contributed by atoms with van der Waals surface area (Å²) >= 11 is 5.69. The molecule has 2 aromatic rings. The number of allylic oxidation sites excluding steroid dienone is 5. The lowest BCUT2D eigenvalue weighted by atomic mass is 9.86. The Balaban J connectivity index is 1.52. The van der Waals surface area contributed by atoms with Gasteiger partial charge in [-0.3, -0.25) is 9.79 Å². The van der Waals surface area contributed by atoms with E-state index in [1.165, 1.54) is 6.07 Å². The van der Waals surface area contributed by atoms with Gasteiger partial charge in [-0.25, -0.2) is 4.79 Å². The van der Waals surface area contributed by atoms with Gasteiger partial charge < -0.3 is 25.6 Å². The Bertz CT molecular complexity index is 1510. The zero-order valence-corrected chi connectivity index (χ0v) is 27.5. The number of aromatic carboxylic acids is 1. The van der Waals surface area contributed by atoms with Crippen molar-refractivity contribution >= 4 is 53.7 Å². The number of unbranched alkanes of at least 4 members (excludes halogenated alkanes) is 3. The normalized spacial score (nSPS) is 16.0. The molecule has 1 heterocycles. The number of nitrogen functional groups attached to an aromatic ring is 1. The van der Waals surface area contributed by atoms with E-state index in [0.717, 1.165) is 58.5 Å². The summed E-state index contributed by atoms with van der Waals surface area (Å²) < 4.78 is 11.2. The van der Waals surface area contributed by atoms with Crippen LogP contribution in [0.3, 0.4) is 0 Å². The molecule has 1 aliphatic carbocycles. The first-order valence-electron chi connectivity index (χ1n) is 15.1. The topological polar surface area (TPSA) is 123 Å². The first-order chi connectivity index (χ1) is 21.2. The molecule has 1 amide bonds. The van der Waals surface area contributed by atoms with E-state index < -0.39 is 14.0 Å². The number of carbonyl (C=O) groups is 2. The summed E-state index contributed by atoms with van der Waals surface area (Å²) in [6.45, 7) is 6.84. The van der Waals surface area contributed by atoms with Crippen LogP contribution in [-0.4, -0.2) is 76.7 Å². The van der Waals surface area contributed by atoms with Crippen molar-refractivity contribution in [1.82, 2.24) is 5.32 Å². The molecule has 2 aromatic carbocycles. The van der Waals surface area contributed by atoms with Crippen molar-refractivity contribution in [3.63, 3.8) is 0 Å². The second-order valence-corrected chi connectivity index (χ2v) is 16.1. The summed E-state index contributed by atoms with van der Waals surface area (Å²) in [4.78, 5) is 30.1. The van der Waals surface area contributed by atoms with Crippen LogP contribution in [0.2, 0.25) is 13.1 Å². The highest BCUT2D eigenvalue weighted by molar-refractivity contribution is 6.98. The molecule has 2 aliphatic rings. The minimum atomic E-state index is -2.22. The van der Waals surface area contributed by atoms with E-state index in [1.54, 1.807) is 19.2 Å². The zero-order valence-electron chi connectivity index (χ0n) is 25.7. The Kier molecular flexibility index (Phi) is 11.7. The second kappa shape index (κ2) is 15.5. The summed E-state index contributed by atoms with van der Waals surface area (Å²) in [5.74, 6) is -0.662. The van der Waals surface area contributed by atoms with Gasteiger partial charge in [0.05, 0.1) is 31.1 Å². The number of aliphatic imine (C=N–C) groups is 1. The number of nitrogens with zero attached hydrogens (tertiary/aromatic N) is 1. The number of benzene rings is 2. The molecule has 0 radical (unpaired) electrons. The maximum atomic E-state index is 13.2. The Labute approximate surface area is 265 Å². The van der Waals surface area contributed by atoms with Crippen LogP contribution in [0.5, 0.6) is 0 Å². The van der Waals surface area contributed by atoms with Crippen LogP contribution in [0, 0.1) is 0 Å². The molecule has 4 N–H and O–H groups in total. The number of nitrogens with two attached hydrogens (primary N) is 1. The van der Waals surface area contributed by atoms with Crippen LogP contribution < -0.4 is 16.2 Å². The summed E-state index contributed by atoms with van der Waals surface area (Å²) in [6.07, 6.45) is 10.3. The highest BCUT2D eigenvalue weighted by Gasteiger charge is 2.40. The van der Waals surface area contributed by atoms with E-state index in [1.807, 2.05) is 30.4 Å². The van der Waals surface area contributed by atoms with Crippen LogP contribution in [0.1, 0.15) is 57.5 Å². The average Bonchev–Trinajstić information content (AvgIpc) is 3.01. The number of fused-ring (bicyclic) bond motifs is 2. The van der Waals surface area contributed by atoms with Crippen LogP contribution in [0.25, 0.3) is 5.57 Å². The van der Waals surface area contributed by atoms with Gasteiger partial charge in [-0.15, -0.1) is 11.6 Å². The van der Waals surface area contributed by atoms with Gasteiger partial charge in [0.2, 0.25) is 0 Å². The van der Waals surface area contributed by atoms with Crippen LogP contribution in [0.4, 0.5) is 5.69 Å². The molecule has 8 nitrogen and oxygen atoms in total. The number of nitrogens with one attached hydrogen (secondary N) is 1. The first kappa shape index (κ1) is 33.4. The molecule has 44 heavy (non-hydrogen) atoms. The molecule has 0 bridgehead atoms. The molecule has 4 rings (SSSR count). The van der Waals surface area contributed by atoms with Gasteiger partial charge in [0.25, 0.3) is 5.91 Å². The minimum absolute atomic E-state index is 0.123. The predicted octanol–water partition coefficient (Wildman–Crippen LogP) is 5.37. The number of hydrogen-bond acceptors (Lipinski definition) is 6. The van der Waals surface area contributed by atoms with Crippen molar-refractivity contribution in [3.05, 3.63) is 87.6 Å². The number of alkyl halides is 1. The van der Waals surface area contributed by atoms with Gasteiger partial charge in [-0.05, 0) is 88.0 Å². The maximum absolute atomic E-state index is 13.2. The number of amides is 1. The fourth-order valence-corrected chi connectivity index (χ4v) is 8.95. The van der Waals surface area contributed by atoms with Gasteiger partial charge in [0.15, 0.2) is 0 Å². The first-order valence-corrected chi connectivity index (χ1v) is 18.6. The average molecular weight is 636 g/mol. The SMILES string of the molecule is CN=C1C=CC2=C(c3cc(C(=O)NCCOCCOCCCCCCCl)ccc3C(=O)O)c3ccc(N)cc3[Si](C)(C)C2=C1. The van der Waals surface area contributed by atoms with E-state index >= 15 is 0 Å². The van der Waals surface area contributed by atoms with E-state index in [0.29, 0.717) is 55.7 Å². The number of carboxylic acid groups (broad SMARTS) is 1. The van der Waals surface area contributed by atoms with Gasteiger partial charge >= 0.3 is 5.97 Å². The summed E-state index contributed by atoms with van der Waals surface area (Å²) in [7, 11) is -0.468. The molecular formula is C34H42ClN3O5Si. The van der Waals surface area contributed by atoms with Crippen molar-refractivity contribution in [2.24, 2.45) is 4.99 Å². The third-order valence-corrected chi connectivity index (χ3v) is 11.8. The third-order valence-electron chi connectivity index (χ3n) is 8.05. The van der Waals surface area contributed by atoms with E-state index in [2.05, 4.69) is 29.5 Å². The minimum Gasteiger partial charge on any atom is -0.478 e. The standard InChI is InChI=1S/C34H42ClN3O5Si/c1-37-25-10-13-28-31(22-25)44(2,3)30-21-24(36)9-12-27(30)32(28)29-20-23(8-11-26(29)34(40)41)33(39)38-15-17-43-19-18-42-16-7-5-4-6-14-35/h8-13,20-22H,4-7,14-19,36H2,1-3H3,(H,38,39)(H,40,41). The summed E-state index contributed by atoms with van der Waals surface area (Å²) in [5, 5.41) is 15.4. The monoisotopic (exact) mass is 635 g/mol. The molecule has 10 heteroatoms. The number of carbonyl (C=O) groups excluding carboxylic acids is 1. The summed E-state index contributed by atoms with van der Waals surface area (Å²) in [6, 6.07) is 10.6. The molecular weight excluding hydrogens is 594 g/mol. The van der Waals surface area contributed by atoms with Crippen molar-refractivity contribution in [3.8, 4) is 0 Å². The predicted molar refractivity (Wildman–Crippen MR) is 181 cm³/mol. The molecule has 234 valence electrons. The number of anilines is 1. The quantitative estimate of drug-likeness (QED) is 0.105. The number of rotatable bonds is 15. The van der Waals surface area contributed by atoms with Crippen molar-refractivity contribution < 1.29 is 24.2 Å².